The van der Waals surface area contributed by atoms with E-state index in [1.807, 2.05) is 36.4 Å². The molecule has 2 atom stereocenters. The van der Waals surface area contributed by atoms with Crippen molar-refractivity contribution in [2.45, 2.75) is 51.2 Å². The van der Waals surface area contributed by atoms with Gasteiger partial charge in [-0.25, -0.2) is 4.79 Å². The second kappa shape index (κ2) is 13.6. The lowest BCUT2D eigenvalue weighted by molar-refractivity contribution is -0.146. The van der Waals surface area contributed by atoms with Crippen molar-refractivity contribution in [2.75, 3.05) is 5.32 Å². The molecule has 2 unspecified atom stereocenters. The third-order valence-corrected chi connectivity index (χ3v) is 7.45. The number of urea groups is 1. The van der Waals surface area contributed by atoms with Crippen LogP contribution in [0.2, 0.25) is 10.0 Å². The monoisotopic (exact) mass is 604 g/mol. The van der Waals surface area contributed by atoms with E-state index in [4.69, 9.17) is 27.9 Å². The summed E-state index contributed by atoms with van der Waals surface area (Å²) >= 11 is 12.2. The van der Waals surface area contributed by atoms with Gasteiger partial charge in [0.05, 0.1) is 12.5 Å². The lowest BCUT2D eigenvalue weighted by Gasteiger charge is -2.22. The molecule has 1 aliphatic carbocycles. The Morgan fingerprint density at radius 3 is 2.21 bits per heavy atom. The number of hydrogen-bond donors (Lipinski definition) is 3. The van der Waals surface area contributed by atoms with E-state index in [1.54, 1.807) is 18.2 Å². The molecule has 0 fully saturated rings. The zero-order valence-electron chi connectivity index (χ0n) is 22.9. The number of allylic oxidation sites excluding steroid dienone is 2. The van der Waals surface area contributed by atoms with E-state index >= 15 is 0 Å². The third kappa shape index (κ3) is 7.74. The number of esters is 1. The van der Waals surface area contributed by atoms with Crippen LogP contribution in [-0.2, 0) is 16.0 Å². The highest BCUT2D eigenvalue weighted by Crippen LogP contribution is 2.31. The van der Waals surface area contributed by atoms with Gasteiger partial charge in [0, 0.05) is 22.7 Å². The van der Waals surface area contributed by atoms with Crippen molar-refractivity contribution in [2.24, 2.45) is 0 Å². The van der Waals surface area contributed by atoms with Crippen molar-refractivity contribution in [1.29, 1.82) is 0 Å². The van der Waals surface area contributed by atoms with Gasteiger partial charge in [-0.05, 0) is 71.7 Å². The highest BCUT2D eigenvalue weighted by atomic mass is 35.5. The smallest absolute Gasteiger partial charge is 0.319 e. The van der Waals surface area contributed by atoms with E-state index in [9.17, 15) is 9.59 Å². The van der Waals surface area contributed by atoms with E-state index in [0.717, 1.165) is 29.5 Å². The summed E-state index contributed by atoms with van der Waals surface area (Å²) in [6.45, 7) is 1.36. The maximum Gasteiger partial charge on any atom is 0.319 e. The fourth-order valence-electron chi connectivity index (χ4n) is 5.04. The normalized spacial score (nSPS) is 14.4. The van der Waals surface area contributed by atoms with Gasteiger partial charge < -0.3 is 15.4 Å². The summed E-state index contributed by atoms with van der Waals surface area (Å²) in [7, 11) is 0. The van der Waals surface area contributed by atoms with Gasteiger partial charge in [-0.15, -0.1) is 10.2 Å². The van der Waals surface area contributed by atoms with Crippen LogP contribution < -0.4 is 10.6 Å². The highest BCUT2D eigenvalue weighted by Gasteiger charge is 2.21. The van der Waals surface area contributed by atoms with Gasteiger partial charge in [0.25, 0.3) is 0 Å². The number of ether oxygens (including phenoxy) is 1. The second-order valence-electron chi connectivity index (χ2n) is 10.1. The maximum absolute atomic E-state index is 13.2. The summed E-state index contributed by atoms with van der Waals surface area (Å²) in [5, 5.41) is 20.7. The van der Waals surface area contributed by atoms with Gasteiger partial charge in [0.1, 0.15) is 6.10 Å². The topological polar surface area (TPSA) is 122 Å². The van der Waals surface area contributed by atoms with Crippen LogP contribution in [0.25, 0.3) is 5.57 Å². The number of carbonyl (C=O) groups excluding carboxylic acids is 2. The minimum atomic E-state index is -0.598. The molecule has 9 nitrogen and oxygen atoms in total. The fourth-order valence-corrected chi connectivity index (χ4v) is 5.57. The number of nitrogens with zero attached hydrogens (tertiary/aromatic N) is 3. The van der Waals surface area contributed by atoms with Gasteiger partial charge in [-0.2, -0.15) is 5.21 Å². The zero-order valence-corrected chi connectivity index (χ0v) is 24.5. The van der Waals surface area contributed by atoms with Crippen LogP contribution in [0.4, 0.5) is 10.5 Å². The molecule has 5 rings (SSSR count). The third-order valence-electron chi connectivity index (χ3n) is 7.01. The van der Waals surface area contributed by atoms with E-state index in [0.29, 0.717) is 21.6 Å². The summed E-state index contributed by atoms with van der Waals surface area (Å²) in [5.41, 5.74) is 5.53. The number of amides is 2. The number of aromatic amines is 1. The number of aromatic nitrogens is 4. The van der Waals surface area contributed by atoms with Gasteiger partial charge in [-0.3, -0.25) is 4.79 Å². The predicted molar refractivity (Wildman–Crippen MR) is 162 cm³/mol. The lowest BCUT2D eigenvalue weighted by Crippen LogP contribution is -2.33. The summed E-state index contributed by atoms with van der Waals surface area (Å²) < 4.78 is 5.55. The molecule has 11 heteroatoms. The lowest BCUT2D eigenvalue weighted by atomic mass is 9.91. The SMILES string of the molecule is CC(=O)OC(Cc1nn[nH]n1)c1ccc(C(NC(=O)Nc2cc(Cl)cc(Cl)c2)c2ccc(C3=CCCCC3)cc2)cc1. The van der Waals surface area contributed by atoms with Crippen LogP contribution in [0.5, 0.6) is 0 Å². The Labute approximate surface area is 253 Å². The number of hydrogen-bond acceptors (Lipinski definition) is 6. The molecule has 216 valence electrons. The molecule has 0 saturated heterocycles. The highest BCUT2D eigenvalue weighted by molar-refractivity contribution is 6.35. The molecular formula is C31H30Cl2N6O3. The summed E-state index contributed by atoms with van der Waals surface area (Å²) in [6, 6.07) is 19.8. The summed E-state index contributed by atoms with van der Waals surface area (Å²) in [5.74, 6) is 0.00825. The largest absolute Gasteiger partial charge is 0.457 e. The average molecular weight is 606 g/mol. The molecule has 1 aliphatic rings. The number of carbonyl (C=O) groups is 2. The Morgan fingerprint density at radius 1 is 0.952 bits per heavy atom. The van der Waals surface area contributed by atoms with E-state index < -0.39 is 24.1 Å². The van der Waals surface area contributed by atoms with Crippen molar-refractivity contribution < 1.29 is 14.3 Å². The minimum Gasteiger partial charge on any atom is -0.457 e. The molecule has 42 heavy (non-hydrogen) atoms. The Kier molecular flexibility index (Phi) is 9.51. The molecule has 0 bridgehead atoms. The molecule has 3 aromatic carbocycles. The standard InChI is InChI=1S/C31H30Cl2N6O3/c1-19(40)42-28(18-29-36-38-39-37-29)22-9-13-24(14-10-22)30(35-31(41)34-27-16-25(32)15-26(33)17-27)23-11-7-21(8-12-23)20-5-3-2-4-6-20/h5,7-17,28,30H,2-4,6,18H2,1H3,(H2,34,35,41)(H,36,37,38,39). The summed E-state index contributed by atoms with van der Waals surface area (Å²) in [4.78, 5) is 25.0. The molecule has 3 N–H and O–H groups in total. The van der Waals surface area contributed by atoms with Crippen molar-refractivity contribution >= 4 is 46.5 Å². The Morgan fingerprint density at radius 2 is 1.62 bits per heavy atom. The molecule has 0 radical (unpaired) electrons. The Bertz CT molecular complexity index is 1540. The second-order valence-corrected chi connectivity index (χ2v) is 11.0. The molecule has 4 aromatic rings. The number of H-pyrrole nitrogens is 1. The maximum atomic E-state index is 13.2. The first-order valence-electron chi connectivity index (χ1n) is 13.7. The van der Waals surface area contributed by atoms with E-state index in [2.05, 4.69) is 49.5 Å². The van der Waals surface area contributed by atoms with Crippen LogP contribution in [0.1, 0.15) is 72.8 Å². The number of anilines is 1. The number of benzene rings is 3. The molecule has 0 spiro atoms. The van der Waals surface area contributed by atoms with Crippen molar-refractivity contribution in [1.82, 2.24) is 25.9 Å². The van der Waals surface area contributed by atoms with Gasteiger partial charge in [-0.1, -0.05) is 83.0 Å². The molecule has 0 aliphatic heterocycles. The number of halogens is 2. The molecule has 1 heterocycles. The number of tetrazole rings is 1. The molecule has 2 amide bonds. The average Bonchev–Trinajstić information content (AvgIpc) is 3.49. The molecule has 0 saturated carbocycles. The Balaban J connectivity index is 1.41. The Hall–Kier alpha value is -4.21. The van der Waals surface area contributed by atoms with Crippen LogP contribution in [0, 0.1) is 0 Å². The first-order chi connectivity index (χ1) is 20.3. The van der Waals surface area contributed by atoms with Crippen LogP contribution >= 0.6 is 23.2 Å². The molecule has 1 aromatic heterocycles. The van der Waals surface area contributed by atoms with Gasteiger partial charge in [0.15, 0.2) is 5.82 Å². The summed E-state index contributed by atoms with van der Waals surface area (Å²) in [6.07, 6.45) is 6.56. The van der Waals surface area contributed by atoms with Crippen molar-refractivity contribution in [3.05, 3.63) is 111 Å². The fraction of sp³-hybridized carbons (Fsp3) is 0.258. The quantitative estimate of drug-likeness (QED) is 0.173. The van der Waals surface area contributed by atoms with Crippen LogP contribution in [0.15, 0.2) is 72.8 Å². The van der Waals surface area contributed by atoms with Crippen molar-refractivity contribution in [3.63, 3.8) is 0 Å². The van der Waals surface area contributed by atoms with Gasteiger partial charge in [0.2, 0.25) is 0 Å². The first-order valence-corrected chi connectivity index (χ1v) is 14.4. The number of nitrogens with one attached hydrogen (secondary N) is 3. The first kappa shape index (κ1) is 29.3. The zero-order chi connectivity index (χ0) is 29.5. The van der Waals surface area contributed by atoms with Crippen LogP contribution in [0.3, 0.4) is 0 Å². The minimum absolute atomic E-state index is 0.263. The molecular weight excluding hydrogens is 575 g/mol. The predicted octanol–water partition coefficient (Wildman–Crippen LogP) is 7.22. The van der Waals surface area contributed by atoms with E-state index in [1.165, 1.54) is 30.9 Å². The van der Waals surface area contributed by atoms with Crippen molar-refractivity contribution in [3.8, 4) is 0 Å². The number of rotatable bonds is 9. The van der Waals surface area contributed by atoms with Crippen LogP contribution in [-0.4, -0.2) is 32.6 Å². The van der Waals surface area contributed by atoms with Gasteiger partial charge >= 0.3 is 12.0 Å². The van der Waals surface area contributed by atoms with E-state index in [-0.39, 0.29) is 6.42 Å².